The fourth-order valence-electron chi connectivity index (χ4n) is 1.86. The minimum absolute atomic E-state index is 0.0712. The van der Waals surface area contributed by atoms with Crippen molar-refractivity contribution in [1.29, 1.82) is 0 Å². The maximum atomic E-state index is 10.8. The van der Waals surface area contributed by atoms with E-state index >= 15 is 0 Å². The van der Waals surface area contributed by atoms with Crippen LogP contribution < -0.4 is 4.74 Å². The van der Waals surface area contributed by atoms with Crippen molar-refractivity contribution in [3.63, 3.8) is 0 Å². The van der Waals surface area contributed by atoms with Gasteiger partial charge in [-0.3, -0.25) is 0 Å². The molecule has 106 valence electrons. The topological polar surface area (TPSA) is 59.4 Å². The Morgan fingerprint density at radius 1 is 1.45 bits per heavy atom. The Kier molecular flexibility index (Phi) is 4.39. The summed E-state index contributed by atoms with van der Waals surface area (Å²) in [7, 11) is 0. The zero-order valence-corrected chi connectivity index (χ0v) is 12.5. The summed E-state index contributed by atoms with van der Waals surface area (Å²) in [5.41, 5.74) is 2.35. The van der Waals surface area contributed by atoms with Crippen LogP contribution >= 0.6 is 11.3 Å². The maximum Gasteiger partial charge on any atom is 0.355 e. The van der Waals surface area contributed by atoms with Gasteiger partial charge in [0, 0.05) is 5.38 Å². The molecule has 1 aromatic carbocycles. The second-order valence-electron chi connectivity index (χ2n) is 4.92. The van der Waals surface area contributed by atoms with Crippen LogP contribution in [0.4, 0.5) is 0 Å². The van der Waals surface area contributed by atoms with E-state index in [1.165, 1.54) is 16.7 Å². The largest absolute Gasteiger partial charge is 0.486 e. The SMILES string of the molecule is Cc1ccc(C(C)C)c(OCc2nc(C(=O)O)cs2)c1. The lowest BCUT2D eigenvalue weighted by atomic mass is 10.0. The molecule has 0 atom stereocenters. The molecule has 4 nitrogen and oxygen atoms in total. The molecule has 0 saturated heterocycles. The monoisotopic (exact) mass is 291 g/mol. The highest BCUT2D eigenvalue weighted by atomic mass is 32.1. The van der Waals surface area contributed by atoms with Gasteiger partial charge in [-0.15, -0.1) is 11.3 Å². The highest BCUT2D eigenvalue weighted by Crippen LogP contribution is 2.28. The molecular weight excluding hydrogens is 274 g/mol. The second kappa shape index (κ2) is 6.05. The number of carboxylic acid groups (broad SMARTS) is 1. The fraction of sp³-hybridized carbons (Fsp3) is 0.333. The first-order valence-corrected chi connectivity index (χ1v) is 7.26. The summed E-state index contributed by atoms with van der Waals surface area (Å²) in [4.78, 5) is 14.8. The third-order valence-corrected chi connectivity index (χ3v) is 3.74. The van der Waals surface area contributed by atoms with Gasteiger partial charge in [0.2, 0.25) is 0 Å². The van der Waals surface area contributed by atoms with Gasteiger partial charge >= 0.3 is 5.97 Å². The quantitative estimate of drug-likeness (QED) is 0.909. The average molecular weight is 291 g/mol. The summed E-state index contributed by atoms with van der Waals surface area (Å²) in [5.74, 6) is 0.203. The summed E-state index contributed by atoms with van der Waals surface area (Å²) < 4.78 is 5.81. The number of rotatable bonds is 5. The minimum Gasteiger partial charge on any atom is -0.486 e. The number of aromatic carboxylic acids is 1. The van der Waals surface area contributed by atoms with Crippen LogP contribution in [0.2, 0.25) is 0 Å². The Bertz CT molecular complexity index is 619. The van der Waals surface area contributed by atoms with Gasteiger partial charge in [-0.2, -0.15) is 0 Å². The van der Waals surface area contributed by atoms with Crippen molar-refractivity contribution >= 4 is 17.3 Å². The predicted octanol–water partition coefficient (Wildman–Crippen LogP) is 3.85. The zero-order chi connectivity index (χ0) is 14.7. The summed E-state index contributed by atoms with van der Waals surface area (Å²) in [6.45, 7) is 6.54. The molecule has 0 fully saturated rings. The first-order chi connectivity index (χ1) is 9.47. The Hall–Kier alpha value is -1.88. The Labute approximate surface area is 122 Å². The lowest BCUT2D eigenvalue weighted by Crippen LogP contribution is -2.01. The number of hydrogen-bond donors (Lipinski definition) is 1. The van der Waals surface area contributed by atoms with E-state index in [9.17, 15) is 4.79 Å². The number of aryl methyl sites for hydroxylation is 1. The highest BCUT2D eigenvalue weighted by Gasteiger charge is 2.11. The van der Waals surface area contributed by atoms with Gasteiger partial charge in [-0.25, -0.2) is 9.78 Å². The van der Waals surface area contributed by atoms with Gasteiger partial charge in [-0.1, -0.05) is 26.0 Å². The second-order valence-corrected chi connectivity index (χ2v) is 5.86. The van der Waals surface area contributed by atoms with E-state index < -0.39 is 5.97 Å². The van der Waals surface area contributed by atoms with E-state index in [2.05, 4.69) is 31.0 Å². The third kappa shape index (κ3) is 3.36. The van der Waals surface area contributed by atoms with Crippen molar-refractivity contribution in [2.75, 3.05) is 0 Å². The summed E-state index contributed by atoms with van der Waals surface area (Å²) >= 11 is 1.30. The molecule has 0 saturated carbocycles. The number of carbonyl (C=O) groups is 1. The molecule has 0 aliphatic heterocycles. The van der Waals surface area contributed by atoms with Crippen LogP contribution in [0.3, 0.4) is 0 Å². The van der Waals surface area contributed by atoms with Crippen LogP contribution in [-0.4, -0.2) is 16.1 Å². The van der Waals surface area contributed by atoms with E-state index in [4.69, 9.17) is 9.84 Å². The molecular formula is C15H17NO3S. The van der Waals surface area contributed by atoms with Crippen LogP contribution in [0.25, 0.3) is 0 Å². The lowest BCUT2D eigenvalue weighted by Gasteiger charge is -2.14. The van der Waals surface area contributed by atoms with Crippen LogP contribution in [0, 0.1) is 6.92 Å². The molecule has 5 heteroatoms. The molecule has 0 radical (unpaired) electrons. The maximum absolute atomic E-state index is 10.8. The fourth-order valence-corrected chi connectivity index (χ4v) is 2.54. The number of benzene rings is 1. The Morgan fingerprint density at radius 2 is 2.20 bits per heavy atom. The van der Waals surface area contributed by atoms with Crippen LogP contribution in [0.1, 0.15) is 46.4 Å². The molecule has 2 rings (SSSR count). The number of nitrogens with zero attached hydrogens (tertiary/aromatic N) is 1. The standard InChI is InChI=1S/C15H17NO3S/c1-9(2)11-5-4-10(3)6-13(11)19-7-14-16-12(8-20-14)15(17)18/h4-6,8-9H,7H2,1-3H3,(H,17,18). The zero-order valence-electron chi connectivity index (χ0n) is 11.7. The molecule has 0 aliphatic rings. The summed E-state index contributed by atoms with van der Waals surface area (Å²) in [6, 6.07) is 6.13. The molecule has 0 unspecified atom stereocenters. The van der Waals surface area contributed by atoms with E-state index in [-0.39, 0.29) is 5.69 Å². The highest BCUT2D eigenvalue weighted by molar-refractivity contribution is 7.09. The van der Waals surface area contributed by atoms with E-state index in [0.717, 1.165) is 16.9 Å². The number of thiazole rings is 1. The molecule has 1 aromatic heterocycles. The number of aromatic nitrogens is 1. The minimum atomic E-state index is -1.01. The van der Waals surface area contributed by atoms with Gasteiger partial charge in [-0.05, 0) is 30.0 Å². The first-order valence-electron chi connectivity index (χ1n) is 6.38. The first kappa shape index (κ1) is 14.5. The summed E-state index contributed by atoms with van der Waals surface area (Å²) in [6.07, 6.45) is 0. The Balaban J connectivity index is 2.13. The number of hydrogen-bond acceptors (Lipinski definition) is 4. The predicted molar refractivity (Wildman–Crippen MR) is 78.7 cm³/mol. The van der Waals surface area contributed by atoms with Crippen molar-refractivity contribution in [2.45, 2.75) is 33.3 Å². The molecule has 0 amide bonds. The van der Waals surface area contributed by atoms with Gasteiger partial charge in [0.25, 0.3) is 0 Å². The Morgan fingerprint density at radius 3 is 2.80 bits per heavy atom. The van der Waals surface area contributed by atoms with Crippen molar-refractivity contribution in [3.05, 3.63) is 45.4 Å². The van der Waals surface area contributed by atoms with E-state index in [1.807, 2.05) is 13.0 Å². The lowest BCUT2D eigenvalue weighted by molar-refractivity contribution is 0.0691. The van der Waals surface area contributed by atoms with Crippen molar-refractivity contribution in [3.8, 4) is 5.75 Å². The molecule has 0 bridgehead atoms. The molecule has 1 heterocycles. The molecule has 2 aromatic rings. The normalized spacial score (nSPS) is 10.8. The van der Waals surface area contributed by atoms with Crippen molar-refractivity contribution in [2.24, 2.45) is 0 Å². The van der Waals surface area contributed by atoms with Crippen LogP contribution in [-0.2, 0) is 6.61 Å². The van der Waals surface area contributed by atoms with Crippen molar-refractivity contribution in [1.82, 2.24) is 4.98 Å². The molecule has 20 heavy (non-hydrogen) atoms. The van der Waals surface area contributed by atoms with Crippen LogP contribution in [0.5, 0.6) is 5.75 Å². The van der Waals surface area contributed by atoms with Gasteiger partial charge in [0.1, 0.15) is 17.4 Å². The van der Waals surface area contributed by atoms with Gasteiger partial charge < -0.3 is 9.84 Å². The van der Waals surface area contributed by atoms with Crippen LogP contribution in [0.15, 0.2) is 23.6 Å². The summed E-state index contributed by atoms with van der Waals surface area (Å²) in [5, 5.41) is 11.0. The molecule has 0 spiro atoms. The van der Waals surface area contributed by atoms with E-state index in [0.29, 0.717) is 17.5 Å². The van der Waals surface area contributed by atoms with Crippen molar-refractivity contribution < 1.29 is 14.6 Å². The number of ether oxygens (including phenoxy) is 1. The van der Waals surface area contributed by atoms with E-state index in [1.54, 1.807) is 0 Å². The number of carboxylic acids is 1. The molecule has 1 N–H and O–H groups in total. The average Bonchev–Trinajstić information content (AvgIpc) is 2.85. The molecule has 0 aliphatic carbocycles. The van der Waals surface area contributed by atoms with Gasteiger partial charge in [0.15, 0.2) is 5.69 Å². The third-order valence-electron chi connectivity index (χ3n) is 2.91. The smallest absolute Gasteiger partial charge is 0.355 e. The van der Waals surface area contributed by atoms with Gasteiger partial charge in [0.05, 0.1) is 0 Å².